The molecule has 0 bridgehead atoms. The van der Waals surface area contributed by atoms with Crippen molar-refractivity contribution in [1.82, 2.24) is 0 Å². The quantitative estimate of drug-likeness (QED) is 0.883. The molecule has 1 heterocycles. The third kappa shape index (κ3) is 2.80. The maximum absolute atomic E-state index is 12.6. The summed E-state index contributed by atoms with van der Waals surface area (Å²) in [6, 6.07) is 13.2. The molecule has 0 aliphatic carbocycles. The van der Waals surface area contributed by atoms with Gasteiger partial charge in [-0.05, 0) is 42.7 Å². The molecule has 0 fully saturated rings. The number of rotatable bonds is 3. The van der Waals surface area contributed by atoms with Crippen LogP contribution in [-0.4, -0.2) is 19.4 Å². The summed E-state index contributed by atoms with van der Waals surface area (Å²) in [5, 5.41) is 0.0771. The first kappa shape index (κ1) is 14.5. The first-order chi connectivity index (χ1) is 9.97. The number of benzene rings is 2. The Bertz CT molecular complexity index is 760. The first-order valence-electron chi connectivity index (χ1n) is 6.80. The van der Waals surface area contributed by atoms with Gasteiger partial charge in [-0.1, -0.05) is 24.3 Å². The van der Waals surface area contributed by atoms with Crippen molar-refractivity contribution in [1.29, 1.82) is 0 Å². The van der Waals surface area contributed by atoms with Crippen molar-refractivity contribution < 1.29 is 8.42 Å². The van der Waals surface area contributed by atoms with E-state index in [2.05, 4.69) is 12.1 Å². The summed E-state index contributed by atoms with van der Waals surface area (Å²) in [5.41, 5.74) is 8.24. The van der Waals surface area contributed by atoms with Crippen molar-refractivity contribution in [3.8, 4) is 0 Å². The fourth-order valence-electron chi connectivity index (χ4n) is 2.65. The van der Waals surface area contributed by atoms with E-state index in [4.69, 9.17) is 5.73 Å². The monoisotopic (exact) mass is 319 g/mol. The molecule has 0 aromatic heterocycles. The van der Waals surface area contributed by atoms with Gasteiger partial charge in [0, 0.05) is 15.8 Å². The van der Waals surface area contributed by atoms with Crippen LogP contribution < -0.4 is 5.73 Å². The van der Waals surface area contributed by atoms with Gasteiger partial charge in [0.1, 0.15) is 0 Å². The van der Waals surface area contributed by atoms with Gasteiger partial charge in [0.2, 0.25) is 0 Å². The Kier molecular flexibility index (Phi) is 3.71. The van der Waals surface area contributed by atoms with Crippen LogP contribution in [0.3, 0.4) is 0 Å². The van der Waals surface area contributed by atoms with E-state index in [9.17, 15) is 8.42 Å². The van der Waals surface area contributed by atoms with E-state index >= 15 is 0 Å². The SMILES string of the molecule is Cc1c(N)cccc1S(=O)(=O)CC1Cc2ccccc2S1. The summed E-state index contributed by atoms with van der Waals surface area (Å²) in [5.74, 6) is 0.149. The highest BCUT2D eigenvalue weighted by atomic mass is 32.2. The average molecular weight is 319 g/mol. The standard InChI is InChI=1S/C16H17NO2S2/c1-11-14(17)6-4-8-16(11)21(18,19)10-13-9-12-5-2-3-7-15(12)20-13/h2-8,13H,9-10,17H2,1H3. The van der Waals surface area contributed by atoms with E-state index in [-0.39, 0.29) is 11.0 Å². The number of sulfone groups is 1. The number of nitrogen functional groups attached to an aromatic ring is 1. The molecule has 1 aliphatic rings. The van der Waals surface area contributed by atoms with Crippen molar-refractivity contribution in [2.24, 2.45) is 0 Å². The lowest BCUT2D eigenvalue weighted by atomic mass is 10.1. The number of anilines is 1. The molecule has 2 aromatic carbocycles. The van der Waals surface area contributed by atoms with Gasteiger partial charge in [0.15, 0.2) is 9.84 Å². The minimum atomic E-state index is -3.32. The molecule has 3 rings (SSSR count). The van der Waals surface area contributed by atoms with Gasteiger partial charge in [0.05, 0.1) is 10.6 Å². The second kappa shape index (κ2) is 5.39. The summed E-state index contributed by atoms with van der Waals surface area (Å²) in [6.07, 6.45) is 0.807. The number of nitrogens with two attached hydrogens (primary N) is 1. The van der Waals surface area contributed by atoms with E-state index < -0.39 is 9.84 Å². The van der Waals surface area contributed by atoms with Gasteiger partial charge in [0.25, 0.3) is 0 Å². The maximum atomic E-state index is 12.6. The largest absolute Gasteiger partial charge is 0.398 e. The molecule has 3 nitrogen and oxygen atoms in total. The predicted molar refractivity (Wildman–Crippen MR) is 87.4 cm³/mol. The first-order valence-corrected chi connectivity index (χ1v) is 9.33. The van der Waals surface area contributed by atoms with Crippen LogP contribution in [0.25, 0.3) is 0 Å². The number of hydrogen-bond acceptors (Lipinski definition) is 4. The molecule has 0 radical (unpaired) electrons. The third-order valence-corrected chi connectivity index (χ3v) is 7.26. The van der Waals surface area contributed by atoms with Crippen molar-refractivity contribution in [2.75, 3.05) is 11.5 Å². The highest BCUT2D eigenvalue weighted by Crippen LogP contribution is 2.38. The van der Waals surface area contributed by atoms with Crippen LogP contribution >= 0.6 is 11.8 Å². The Morgan fingerprint density at radius 2 is 1.95 bits per heavy atom. The van der Waals surface area contributed by atoms with Gasteiger partial charge in [-0.25, -0.2) is 8.42 Å². The lowest BCUT2D eigenvalue weighted by molar-refractivity contribution is 0.594. The molecule has 2 aromatic rings. The van der Waals surface area contributed by atoms with Gasteiger partial charge in [-0.3, -0.25) is 0 Å². The van der Waals surface area contributed by atoms with E-state index in [0.717, 1.165) is 6.42 Å². The molecular formula is C16H17NO2S2. The van der Waals surface area contributed by atoms with E-state index in [0.29, 0.717) is 16.1 Å². The Labute approximate surface area is 129 Å². The Morgan fingerprint density at radius 3 is 2.71 bits per heavy atom. The Balaban J connectivity index is 1.84. The van der Waals surface area contributed by atoms with E-state index in [1.165, 1.54) is 10.5 Å². The van der Waals surface area contributed by atoms with Gasteiger partial charge in [-0.15, -0.1) is 11.8 Å². The fraction of sp³-hybridized carbons (Fsp3) is 0.250. The minimum Gasteiger partial charge on any atom is -0.398 e. The molecule has 1 atom stereocenters. The van der Waals surface area contributed by atoms with Crippen LogP contribution in [0.1, 0.15) is 11.1 Å². The smallest absolute Gasteiger partial charge is 0.179 e. The van der Waals surface area contributed by atoms with Gasteiger partial charge < -0.3 is 5.73 Å². The molecule has 5 heteroatoms. The van der Waals surface area contributed by atoms with E-state index in [1.54, 1.807) is 36.9 Å². The third-order valence-electron chi connectivity index (χ3n) is 3.78. The zero-order valence-electron chi connectivity index (χ0n) is 11.7. The normalized spacial score (nSPS) is 17.7. The van der Waals surface area contributed by atoms with Crippen LogP contribution in [0.4, 0.5) is 5.69 Å². The summed E-state index contributed by atoms with van der Waals surface area (Å²) in [4.78, 5) is 1.56. The maximum Gasteiger partial charge on any atom is 0.179 e. The van der Waals surface area contributed by atoms with Crippen LogP contribution in [0.5, 0.6) is 0 Å². The van der Waals surface area contributed by atoms with Crippen molar-refractivity contribution in [3.05, 3.63) is 53.6 Å². The highest BCUT2D eigenvalue weighted by molar-refractivity contribution is 8.01. The second-order valence-electron chi connectivity index (χ2n) is 5.30. The van der Waals surface area contributed by atoms with Crippen molar-refractivity contribution in [2.45, 2.75) is 28.4 Å². The molecule has 0 saturated heterocycles. The molecule has 110 valence electrons. The van der Waals surface area contributed by atoms with Crippen LogP contribution in [-0.2, 0) is 16.3 Å². The van der Waals surface area contributed by atoms with Gasteiger partial charge >= 0.3 is 0 Å². The zero-order chi connectivity index (χ0) is 15.0. The molecular weight excluding hydrogens is 302 g/mol. The van der Waals surface area contributed by atoms with Crippen molar-refractivity contribution >= 4 is 27.3 Å². The molecule has 0 spiro atoms. The zero-order valence-corrected chi connectivity index (χ0v) is 13.4. The lowest BCUT2D eigenvalue weighted by Crippen LogP contribution is -2.19. The summed E-state index contributed by atoms with van der Waals surface area (Å²) in [7, 11) is -3.32. The molecule has 1 aliphatic heterocycles. The summed E-state index contributed by atoms with van der Waals surface area (Å²) in [6.45, 7) is 1.76. The Hall–Kier alpha value is -1.46. The van der Waals surface area contributed by atoms with Crippen LogP contribution in [0.2, 0.25) is 0 Å². The fourth-order valence-corrected chi connectivity index (χ4v) is 6.20. The average Bonchev–Trinajstić information content (AvgIpc) is 2.82. The van der Waals surface area contributed by atoms with Crippen molar-refractivity contribution in [3.63, 3.8) is 0 Å². The topological polar surface area (TPSA) is 60.2 Å². The lowest BCUT2D eigenvalue weighted by Gasteiger charge is -2.12. The van der Waals surface area contributed by atoms with Crippen LogP contribution in [0.15, 0.2) is 52.3 Å². The summed E-state index contributed by atoms with van der Waals surface area (Å²) >= 11 is 1.66. The second-order valence-corrected chi connectivity index (χ2v) is 8.65. The molecule has 0 amide bonds. The molecule has 1 unspecified atom stereocenters. The number of fused-ring (bicyclic) bond motifs is 1. The van der Waals surface area contributed by atoms with Gasteiger partial charge in [-0.2, -0.15) is 0 Å². The molecule has 21 heavy (non-hydrogen) atoms. The Morgan fingerprint density at radius 1 is 1.19 bits per heavy atom. The molecule has 0 saturated carbocycles. The highest BCUT2D eigenvalue weighted by Gasteiger charge is 2.28. The predicted octanol–water partition coefficient (Wildman–Crippen LogP) is 3.07. The van der Waals surface area contributed by atoms with E-state index in [1.807, 2.05) is 12.1 Å². The molecule has 2 N–H and O–H groups in total. The number of hydrogen-bond donors (Lipinski definition) is 1. The summed E-state index contributed by atoms with van der Waals surface area (Å²) < 4.78 is 25.3. The number of thioether (sulfide) groups is 1. The minimum absolute atomic E-state index is 0.0771. The van der Waals surface area contributed by atoms with Crippen LogP contribution in [0, 0.1) is 6.92 Å².